The van der Waals surface area contributed by atoms with Crippen molar-refractivity contribution in [2.45, 2.75) is 19.9 Å². The standard InChI is InChI=1S/C20H25N3O2/c1-5-6-16-11-15(12-18(24-3)19(16)25-4)13-22-20(21)23-17-9-7-14(2)8-10-17/h5,7-12H,1,6,13H2,2-4H3,(H3,21,22,23). The van der Waals surface area contributed by atoms with Gasteiger partial charge >= 0.3 is 0 Å². The lowest BCUT2D eigenvalue weighted by atomic mass is 10.1. The number of nitrogens with one attached hydrogen (secondary N) is 1. The van der Waals surface area contributed by atoms with E-state index < -0.39 is 0 Å². The third-order valence-corrected chi connectivity index (χ3v) is 3.74. The van der Waals surface area contributed by atoms with Crippen LogP contribution in [0.1, 0.15) is 16.7 Å². The van der Waals surface area contributed by atoms with Crippen molar-refractivity contribution in [2.24, 2.45) is 10.7 Å². The van der Waals surface area contributed by atoms with Gasteiger partial charge in [-0.25, -0.2) is 4.99 Å². The number of anilines is 1. The quantitative estimate of drug-likeness (QED) is 0.459. The third-order valence-electron chi connectivity index (χ3n) is 3.74. The second-order valence-electron chi connectivity index (χ2n) is 5.68. The van der Waals surface area contributed by atoms with E-state index in [4.69, 9.17) is 15.2 Å². The summed E-state index contributed by atoms with van der Waals surface area (Å²) < 4.78 is 10.9. The van der Waals surface area contributed by atoms with Crippen LogP contribution in [0.15, 0.2) is 54.0 Å². The minimum absolute atomic E-state index is 0.365. The highest BCUT2D eigenvalue weighted by Crippen LogP contribution is 2.33. The van der Waals surface area contributed by atoms with Crippen molar-refractivity contribution < 1.29 is 9.47 Å². The molecule has 132 valence electrons. The summed E-state index contributed by atoms with van der Waals surface area (Å²) in [6, 6.07) is 11.9. The molecule has 0 aliphatic rings. The summed E-state index contributed by atoms with van der Waals surface area (Å²) in [7, 11) is 3.25. The fourth-order valence-electron chi connectivity index (χ4n) is 2.51. The molecular weight excluding hydrogens is 314 g/mol. The topological polar surface area (TPSA) is 68.9 Å². The van der Waals surface area contributed by atoms with Crippen molar-refractivity contribution in [3.8, 4) is 11.5 Å². The van der Waals surface area contributed by atoms with Gasteiger partial charge in [-0.1, -0.05) is 23.8 Å². The number of nitrogens with zero attached hydrogens (tertiary/aromatic N) is 1. The maximum Gasteiger partial charge on any atom is 0.193 e. The molecule has 0 saturated heterocycles. The first-order chi connectivity index (χ1) is 12.1. The van der Waals surface area contributed by atoms with Gasteiger partial charge in [-0.05, 0) is 43.2 Å². The molecule has 0 atom stereocenters. The zero-order chi connectivity index (χ0) is 18.2. The Balaban J connectivity index is 2.16. The minimum Gasteiger partial charge on any atom is -0.493 e. The summed E-state index contributed by atoms with van der Waals surface area (Å²) in [5.41, 5.74) is 10.1. The second-order valence-corrected chi connectivity index (χ2v) is 5.68. The SMILES string of the molecule is C=CCc1cc(CN=C(N)Nc2ccc(C)cc2)cc(OC)c1OC. The summed E-state index contributed by atoms with van der Waals surface area (Å²) in [4.78, 5) is 4.41. The van der Waals surface area contributed by atoms with Crippen LogP contribution in [0.25, 0.3) is 0 Å². The number of rotatable bonds is 7. The van der Waals surface area contributed by atoms with Crippen molar-refractivity contribution >= 4 is 11.6 Å². The van der Waals surface area contributed by atoms with Gasteiger partial charge in [0.25, 0.3) is 0 Å². The molecule has 0 unspecified atom stereocenters. The number of hydrogen-bond acceptors (Lipinski definition) is 3. The van der Waals surface area contributed by atoms with Gasteiger partial charge in [-0.3, -0.25) is 0 Å². The van der Waals surface area contributed by atoms with Crippen LogP contribution in [0.2, 0.25) is 0 Å². The van der Waals surface area contributed by atoms with Crippen LogP contribution in [0, 0.1) is 6.92 Å². The zero-order valence-electron chi connectivity index (χ0n) is 15.0. The van der Waals surface area contributed by atoms with E-state index in [-0.39, 0.29) is 0 Å². The van der Waals surface area contributed by atoms with E-state index in [1.807, 2.05) is 49.4 Å². The Labute approximate surface area is 149 Å². The lowest BCUT2D eigenvalue weighted by Gasteiger charge is -2.14. The first-order valence-corrected chi connectivity index (χ1v) is 8.05. The van der Waals surface area contributed by atoms with Gasteiger partial charge in [0.15, 0.2) is 17.5 Å². The van der Waals surface area contributed by atoms with Gasteiger partial charge in [0.1, 0.15) is 0 Å². The number of aryl methyl sites for hydroxylation is 1. The fourth-order valence-corrected chi connectivity index (χ4v) is 2.51. The first kappa shape index (κ1) is 18.4. The highest BCUT2D eigenvalue weighted by molar-refractivity contribution is 5.92. The monoisotopic (exact) mass is 339 g/mol. The Bertz CT molecular complexity index is 752. The summed E-state index contributed by atoms with van der Waals surface area (Å²) >= 11 is 0. The number of aliphatic imine (C=N–C) groups is 1. The lowest BCUT2D eigenvalue weighted by molar-refractivity contribution is 0.352. The van der Waals surface area contributed by atoms with E-state index in [1.54, 1.807) is 14.2 Å². The third kappa shape index (κ3) is 5.01. The Morgan fingerprint density at radius 1 is 1.20 bits per heavy atom. The number of nitrogens with two attached hydrogens (primary N) is 1. The molecule has 0 fully saturated rings. The van der Waals surface area contributed by atoms with E-state index in [1.165, 1.54) is 5.56 Å². The molecule has 5 heteroatoms. The largest absolute Gasteiger partial charge is 0.493 e. The Kier molecular flexibility index (Phi) is 6.46. The zero-order valence-corrected chi connectivity index (χ0v) is 15.0. The maximum atomic E-state index is 5.98. The van der Waals surface area contributed by atoms with Crippen molar-refractivity contribution in [2.75, 3.05) is 19.5 Å². The highest BCUT2D eigenvalue weighted by atomic mass is 16.5. The molecule has 0 amide bonds. The summed E-state index contributed by atoms with van der Waals surface area (Å²) in [6.45, 7) is 6.27. The van der Waals surface area contributed by atoms with Crippen molar-refractivity contribution in [1.29, 1.82) is 0 Å². The van der Waals surface area contributed by atoms with E-state index in [0.717, 1.165) is 22.6 Å². The van der Waals surface area contributed by atoms with Crippen molar-refractivity contribution in [3.05, 3.63) is 65.7 Å². The van der Waals surface area contributed by atoms with Crippen LogP contribution in [0.5, 0.6) is 11.5 Å². The summed E-state index contributed by atoms with van der Waals surface area (Å²) in [6.07, 6.45) is 2.52. The molecule has 3 N–H and O–H groups in total. The summed E-state index contributed by atoms with van der Waals surface area (Å²) in [5.74, 6) is 1.77. The van der Waals surface area contributed by atoms with E-state index in [0.29, 0.717) is 24.7 Å². The molecule has 0 aliphatic carbocycles. The second kappa shape index (κ2) is 8.78. The predicted molar refractivity (Wildman–Crippen MR) is 104 cm³/mol. The summed E-state index contributed by atoms with van der Waals surface area (Å²) in [5, 5.41) is 3.09. The molecule has 0 spiro atoms. The van der Waals surface area contributed by atoms with Crippen molar-refractivity contribution in [3.63, 3.8) is 0 Å². The first-order valence-electron chi connectivity index (χ1n) is 8.05. The molecule has 2 rings (SSSR count). The number of benzene rings is 2. The molecule has 0 aromatic heterocycles. The molecule has 25 heavy (non-hydrogen) atoms. The number of methoxy groups -OCH3 is 2. The van der Waals surface area contributed by atoms with E-state index in [9.17, 15) is 0 Å². The number of hydrogen-bond donors (Lipinski definition) is 2. The van der Waals surface area contributed by atoms with Crippen LogP contribution < -0.4 is 20.5 Å². The smallest absolute Gasteiger partial charge is 0.193 e. The van der Waals surface area contributed by atoms with Crippen LogP contribution >= 0.6 is 0 Å². The van der Waals surface area contributed by atoms with Gasteiger partial charge in [-0.15, -0.1) is 6.58 Å². The van der Waals surface area contributed by atoms with Crippen LogP contribution in [0.4, 0.5) is 5.69 Å². The van der Waals surface area contributed by atoms with Gasteiger partial charge < -0.3 is 20.5 Å². The lowest BCUT2D eigenvalue weighted by Crippen LogP contribution is -2.22. The number of allylic oxidation sites excluding steroid dienone is 1. The molecule has 0 aliphatic heterocycles. The van der Waals surface area contributed by atoms with E-state index in [2.05, 4.69) is 16.9 Å². The minimum atomic E-state index is 0.365. The molecule has 0 saturated carbocycles. The predicted octanol–water partition coefficient (Wildman–Crippen LogP) is 3.67. The normalized spacial score (nSPS) is 11.1. The molecular formula is C20H25N3O2. The van der Waals surface area contributed by atoms with Crippen LogP contribution in [-0.4, -0.2) is 20.2 Å². The molecule has 0 bridgehead atoms. The van der Waals surface area contributed by atoms with E-state index >= 15 is 0 Å². The molecule has 5 nitrogen and oxygen atoms in total. The maximum absolute atomic E-state index is 5.98. The number of guanidine groups is 1. The van der Waals surface area contributed by atoms with Crippen LogP contribution in [-0.2, 0) is 13.0 Å². The molecule has 0 radical (unpaired) electrons. The number of ether oxygens (including phenoxy) is 2. The Morgan fingerprint density at radius 3 is 2.52 bits per heavy atom. The Morgan fingerprint density at radius 2 is 1.92 bits per heavy atom. The van der Waals surface area contributed by atoms with Crippen LogP contribution in [0.3, 0.4) is 0 Å². The van der Waals surface area contributed by atoms with Crippen molar-refractivity contribution in [1.82, 2.24) is 0 Å². The van der Waals surface area contributed by atoms with Gasteiger partial charge in [0.2, 0.25) is 0 Å². The fraction of sp³-hybridized carbons (Fsp3) is 0.250. The average molecular weight is 339 g/mol. The van der Waals surface area contributed by atoms with Gasteiger partial charge in [0, 0.05) is 11.3 Å². The average Bonchev–Trinajstić information content (AvgIpc) is 2.61. The molecule has 2 aromatic rings. The molecule has 0 heterocycles. The van der Waals surface area contributed by atoms with Gasteiger partial charge in [0.05, 0.1) is 20.8 Å². The Hall–Kier alpha value is -2.95. The van der Waals surface area contributed by atoms with Gasteiger partial charge in [-0.2, -0.15) is 0 Å². The molecule has 2 aromatic carbocycles. The highest BCUT2D eigenvalue weighted by Gasteiger charge is 2.11.